The third-order valence-corrected chi connectivity index (χ3v) is 4.70. The van der Waals surface area contributed by atoms with Gasteiger partial charge in [0.25, 0.3) is 5.91 Å². The Balaban J connectivity index is 1.58. The maximum atomic E-state index is 12.9. The minimum atomic E-state index is 0.0689. The van der Waals surface area contributed by atoms with Crippen molar-refractivity contribution in [3.05, 3.63) is 48.2 Å². The summed E-state index contributed by atoms with van der Waals surface area (Å²) in [6.07, 6.45) is 1.70. The Kier molecular flexibility index (Phi) is 6.16. The summed E-state index contributed by atoms with van der Waals surface area (Å²) in [5.74, 6) is 2.20. The largest absolute Gasteiger partial charge is 0.497 e. The van der Waals surface area contributed by atoms with E-state index >= 15 is 0 Å². The van der Waals surface area contributed by atoms with E-state index in [-0.39, 0.29) is 5.91 Å². The van der Waals surface area contributed by atoms with Gasteiger partial charge in [-0.1, -0.05) is 13.8 Å². The van der Waals surface area contributed by atoms with Crippen LogP contribution in [0.25, 0.3) is 0 Å². The molecule has 1 aromatic heterocycles. The van der Waals surface area contributed by atoms with Crippen molar-refractivity contribution >= 4 is 17.4 Å². The number of piperazine rings is 1. The van der Waals surface area contributed by atoms with Crippen molar-refractivity contribution in [2.75, 3.05) is 50.1 Å². The molecule has 0 saturated carbocycles. The zero-order valence-corrected chi connectivity index (χ0v) is 16.3. The van der Waals surface area contributed by atoms with Gasteiger partial charge in [0.1, 0.15) is 11.6 Å². The summed E-state index contributed by atoms with van der Waals surface area (Å²) in [6.45, 7) is 8.19. The molecule has 0 atom stereocenters. The van der Waals surface area contributed by atoms with Crippen LogP contribution in [-0.4, -0.2) is 55.6 Å². The van der Waals surface area contributed by atoms with Gasteiger partial charge in [-0.3, -0.25) is 4.79 Å². The highest BCUT2D eigenvalue weighted by Gasteiger charge is 2.22. The van der Waals surface area contributed by atoms with Crippen LogP contribution in [-0.2, 0) is 0 Å². The van der Waals surface area contributed by atoms with Gasteiger partial charge in [0, 0.05) is 50.2 Å². The van der Waals surface area contributed by atoms with E-state index in [1.54, 1.807) is 19.4 Å². The van der Waals surface area contributed by atoms with E-state index in [0.29, 0.717) is 24.6 Å². The Bertz CT molecular complexity index is 753. The average molecular weight is 368 g/mol. The number of anilines is 2. The van der Waals surface area contributed by atoms with Gasteiger partial charge in [-0.25, -0.2) is 4.98 Å². The second-order valence-corrected chi connectivity index (χ2v) is 7.18. The van der Waals surface area contributed by atoms with E-state index in [2.05, 4.69) is 41.2 Å². The number of benzene rings is 1. The Morgan fingerprint density at radius 3 is 2.48 bits per heavy atom. The lowest BCUT2D eigenvalue weighted by Gasteiger charge is -2.36. The number of amides is 1. The van der Waals surface area contributed by atoms with Gasteiger partial charge in [-0.05, 0) is 42.3 Å². The molecule has 3 rings (SSSR count). The van der Waals surface area contributed by atoms with Crippen LogP contribution in [0.3, 0.4) is 0 Å². The highest BCUT2D eigenvalue weighted by Crippen LogP contribution is 2.21. The van der Waals surface area contributed by atoms with E-state index in [1.165, 1.54) is 0 Å². The number of carbonyl (C=O) groups is 1. The van der Waals surface area contributed by atoms with Crippen LogP contribution in [0.15, 0.2) is 42.6 Å². The minimum absolute atomic E-state index is 0.0689. The van der Waals surface area contributed by atoms with E-state index in [4.69, 9.17) is 4.74 Å². The summed E-state index contributed by atoms with van der Waals surface area (Å²) in [5.41, 5.74) is 1.85. The molecule has 0 spiro atoms. The first-order valence-corrected chi connectivity index (χ1v) is 9.45. The highest BCUT2D eigenvalue weighted by molar-refractivity contribution is 5.95. The van der Waals surface area contributed by atoms with Crippen LogP contribution < -0.4 is 15.0 Å². The number of methoxy groups -OCH3 is 1. The summed E-state index contributed by atoms with van der Waals surface area (Å²) in [4.78, 5) is 21.4. The summed E-state index contributed by atoms with van der Waals surface area (Å²) in [5, 5.41) is 3.28. The van der Waals surface area contributed by atoms with E-state index in [1.807, 2.05) is 23.1 Å². The lowest BCUT2D eigenvalue weighted by molar-refractivity contribution is 0.0746. The average Bonchev–Trinajstić information content (AvgIpc) is 2.72. The van der Waals surface area contributed by atoms with Crippen molar-refractivity contribution in [2.24, 2.45) is 5.92 Å². The summed E-state index contributed by atoms with van der Waals surface area (Å²) >= 11 is 0. The predicted molar refractivity (Wildman–Crippen MR) is 109 cm³/mol. The Labute approximate surface area is 161 Å². The van der Waals surface area contributed by atoms with Crippen molar-refractivity contribution in [1.82, 2.24) is 9.88 Å². The minimum Gasteiger partial charge on any atom is -0.497 e. The molecular formula is C21H28N4O2. The number of ether oxygens (including phenoxy) is 1. The van der Waals surface area contributed by atoms with Gasteiger partial charge in [0.15, 0.2) is 0 Å². The molecular weight excluding hydrogens is 340 g/mol. The van der Waals surface area contributed by atoms with Crippen molar-refractivity contribution in [3.63, 3.8) is 0 Å². The molecule has 27 heavy (non-hydrogen) atoms. The fourth-order valence-corrected chi connectivity index (χ4v) is 3.11. The number of nitrogens with zero attached hydrogens (tertiary/aromatic N) is 3. The molecule has 1 saturated heterocycles. The predicted octanol–water partition coefficient (Wildman–Crippen LogP) is 3.12. The van der Waals surface area contributed by atoms with E-state index in [0.717, 1.165) is 36.9 Å². The number of hydrogen-bond donors (Lipinski definition) is 1. The first-order valence-electron chi connectivity index (χ1n) is 9.45. The molecule has 144 valence electrons. The third kappa shape index (κ3) is 4.90. The molecule has 2 heterocycles. The number of carbonyl (C=O) groups excluding carboxylic acids is 1. The molecule has 1 aliphatic rings. The van der Waals surface area contributed by atoms with Crippen LogP contribution in [0, 0.1) is 5.92 Å². The monoisotopic (exact) mass is 368 g/mol. The Hall–Kier alpha value is -2.76. The number of aromatic nitrogens is 1. The van der Waals surface area contributed by atoms with Gasteiger partial charge < -0.3 is 19.9 Å². The molecule has 0 radical (unpaired) electrons. The maximum Gasteiger partial charge on any atom is 0.254 e. The fourth-order valence-electron chi connectivity index (χ4n) is 3.11. The second-order valence-electron chi connectivity index (χ2n) is 7.18. The molecule has 1 aromatic carbocycles. The van der Waals surface area contributed by atoms with Crippen LogP contribution in [0.1, 0.15) is 24.2 Å². The molecule has 0 aliphatic carbocycles. The first kappa shape index (κ1) is 19.0. The molecule has 2 aromatic rings. The molecule has 6 nitrogen and oxygen atoms in total. The quantitative estimate of drug-likeness (QED) is 0.849. The molecule has 1 N–H and O–H groups in total. The number of hydrogen-bond acceptors (Lipinski definition) is 5. The smallest absolute Gasteiger partial charge is 0.254 e. The number of nitrogens with one attached hydrogen (secondary N) is 1. The van der Waals surface area contributed by atoms with Crippen molar-refractivity contribution < 1.29 is 9.53 Å². The van der Waals surface area contributed by atoms with Crippen LogP contribution in [0.2, 0.25) is 0 Å². The van der Waals surface area contributed by atoms with E-state index in [9.17, 15) is 4.79 Å². The summed E-state index contributed by atoms with van der Waals surface area (Å²) in [6, 6.07) is 11.7. The van der Waals surface area contributed by atoms with Gasteiger partial charge in [0.2, 0.25) is 0 Å². The standard InChI is InChI=1S/C21H28N4O2/c1-16(2)15-23-20-14-17(8-9-22-20)21(26)25-12-10-24(11-13-25)18-4-6-19(27-3)7-5-18/h4-9,14,16H,10-13,15H2,1-3H3,(H,22,23). The summed E-state index contributed by atoms with van der Waals surface area (Å²) in [7, 11) is 1.67. The van der Waals surface area contributed by atoms with Gasteiger partial charge in [-0.15, -0.1) is 0 Å². The van der Waals surface area contributed by atoms with Crippen LogP contribution in [0.4, 0.5) is 11.5 Å². The van der Waals surface area contributed by atoms with Crippen LogP contribution >= 0.6 is 0 Å². The molecule has 0 bridgehead atoms. The molecule has 1 amide bonds. The van der Waals surface area contributed by atoms with Crippen molar-refractivity contribution in [2.45, 2.75) is 13.8 Å². The molecule has 6 heteroatoms. The SMILES string of the molecule is COc1ccc(N2CCN(C(=O)c3ccnc(NCC(C)C)c3)CC2)cc1. The Morgan fingerprint density at radius 2 is 1.85 bits per heavy atom. The molecule has 1 aliphatic heterocycles. The normalized spacial score (nSPS) is 14.4. The number of pyridine rings is 1. The number of rotatable bonds is 6. The van der Waals surface area contributed by atoms with Gasteiger partial charge >= 0.3 is 0 Å². The second kappa shape index (κ2) is 8.75. The Morgan fingerprint density at radius 1 is 1.15 bits per heavy atom. The van der Waals surface area contributed by atoms with Gasteiger partial charge in [-0.2, -0.15) is 0 Å². The van der Waals surface area contributed by atoms with Gasteiger partial charge in [0.05, 0.1) is 7.11 Å². The lowest BCUT2D eigenvalue weighted by Crippen LogP contribution is -2.48. The summed E-state index contributed by atoms with van der Waals surface area (Å²) < 4.78 is 5.21. The van der Waals surface area contributed by atoms with Crippen LogP contribution in [0.5, 0.6) is 5.75 Å². The third-order valence-electron chi connectivity index (χ3n) is 4.70. The molecule has 0 unspecified atom stereocenters. The zero-order valence-electron chi connectivity index (χ0n) is 16.3. The molecule has 1 fully saturated rings. The van der Waals surface area contributed by atoms with E-state index < -0.39 is 0 Å². The maximum absolute atomic E-state index is 12.9. The zero-order chi connectivity index (χ0) is 19.2. The van der Waals surface area contributed by atoms with Crippen molar-refractivity contribution in [1.29, 1.82) is 0 Å². The van der Waals surface area contributed by atoms with Crippen molar-refractivity contribution in [3.8, 4) is 5.75 Å². The fraction of sp³-hybridized carbons (Fsp3) is 0.429. The lowest BCUT2D eigenvalue weighted by atomic mass is 10.2. The topological polar surface area (TPSA) is 57.7 Å². The highest BCUT2D eigenvalue weighted by atomic mass is 16.5. The first-order chi connectivity index (χ1) is 13.1.